The lowest BCUT2D eigenvalue weighted by molar-refractivity contribution is -0.143. The molecule has 0 aliphatic carbocycles. The van der Waals surface area contributed by atoms with Crippen molar-refractivity contribution in [1.29, 1.82) is 0 Å². The summed E-state index contributed by atoms with van der Waals surface area (Å²) in [4.78, 5) is 60.8. The standard InChI is InChI=1S/C22H41N5O7S/c1-4-13(2)18(27-19(30)14(24)7-5-6-11-23)21(32)25-15(10-12-35-3)20(31)26-16(22(33)34)8-9-17(28)29/h13-16,18H,4-12,23-24H2,1-3H3,(H,25,32)(H,26,31)(H,27,30)(H,28,29)(H,33,34). The van der Waals surface area contributed by atoms with E-state index in [0.717, 1.165) is 6.42 Å². The number of carbonyl (C=O) groups is 5. The molecular weight excluding hydrogens is 478 g/mol. The highest BCUT2D eigenvalue weighted by atomic mass is 32.2. The molecule has 3 amide bonds. The maximum atomic E-state index is 13.1. The van der Waals surface area contributed by atoms with Crippen molar-refractivity contribution in [1.82, 2.24) is 16.0 Å². The molecule has 0 aromatic carbocycles. The normalized spacial score (nSPS) is 15.2. The molecule has 0 heterocycles. The van der Waals surface area contributed by atoms with Gasteiger partial charge in [-0.1, -0.05) is 26.7 Å². The molecule has 0 fully saturated rings. The first kappa shape index (κ1) is 32.6. The van der Waals surface area contributed by atoms with Crippen LogP contribution in [0.3, 0.4) is 0 Å². The molecule has 202 valence electrons. The molecule has 0 bridgehead atoms. The van der Waals surface area contributed by atoms with Gasteiger partial charge in [-0.05, 0) is 50.2 Å². The van der Waals surface area contributed by atoms with Gasteiger partial charge < -0.3 is 37.6 Å². The molecule has 0 rings (SSSR count). The van der Waals surface area contributed by atoms with Gasteiger partial charge in [0.2, 0.25) is 17.7 Å². The van der Waals surface area contributed by atoms with Gasteiger partial charge in [-0.2, -0.15) is 11.8 Å². The Morgan fingerprint density at radius 3 is 2.03 bits per heavy atom. The Bertz CT molecular complexity index is 710. The van der Waals surface area contributed by atoms with Gasteiger partial charge in [0, 0.05) is 6.42 Å². The Hall–Kier alpha value is -2.38. The van der Waals surface area contributed by atoms with Gasteiger partial charge in [-0.3, -0.25) is 19.2 Å². The number of hydrogen-bond acceptors (Lipinski definition) is 8. The molecule has 12 nitrogen and oxygen atoms in total. The van der Waals surface area contributed by atoms with Crippen LogP contribution in [0.2, 0.25) is 0 Å². The second-order valence-corrected chi connectivity index (χ2v) is 9.42. The van der Waals surface area contributed by atoms with Crippen molar-refractivity contribution < 1.29 is 34.2 Å². The number of amides is 3. The summed E-state index contributed by atoms with van der Waals surface area (Å²) in [6, 6.07) is -4.23. The van der Waals surface area contributed by atoms with E-state index in [4.69, 9.17) is 16.6 Å². The van der Waals surface area contributed by atoms with Crippen LogP contribution in [0.4, 0.5) is 0 Å². The smallest absolute Gasteiger partial charge is 0.326 e. The predicted molar refractivity (Wildman–Crippen MR) is 134 cm³/mol. The second kappa shape index (κ2) is 18.0. The van der Waals surface area contributed by atoms with Crippen molar-refractivity contribution in [2.45, 2.75) is 83.0 Å². The summed E-state index contributed by atoms with van der Waals surface area (Å²) in [5.74, 6) is -4.13. The molecule has 5 atom stereocenters. The van der Waals surface area contributed by atoms with Crippen molar-refractivity contribution in [2.75, 3.05) is 18.6 Å². The number of rotatable bonds is 19. The molecule has 0 aliphatic heterocycles. The number of aliphatic carboxylic acids is 2. The average molecular weight is 520 g/mol. The quantitative estimate of drug-likeness (QED) is 0.110. The SMILES string of the molecule is CCC(C)C(NC(=O)C(N)CCCCN)C(=O)NC(CCSC)C(=O)NC(CCC(=O)O)C(=O)O. The zero-order valence-electron chi connectivity index (χ0n) is 20.7. The number of carbonyl (C=O) groups excluding carboxylic acids is 3. The third-order valence-electron chi connectivity index (χ3n) is 5.60. The topological polar surface area (TPSA) is 214 Å². The van der Waals surface area contributed by atoms with Crippen LogP contribution in [0.1, 0.15) is 58.8 Å². The average Bonchev–Trinajstić information content (AvgIpc) is 2.81. The van der Waals surface area contributed by atoms with E-state index < -0.39 is 60.2 Å². The summed E-state index contributed by atoms with van der Waals surface area (Å²) in [5.41, 5.74) is 11.4. The molecule has 13 heteroatoms. The summed E-state index contributed by atoms with van der Waals surface area (Å²) in [7, 11) is 0. The third-order valence-corrected chi connectivity index (χ3v) is 6.25. The fourth-order valence-corrected chi connectivity index (χ4v) is 3.64. The highest BCUT2D eigenvalue weighted by Gasteiger charge is 2.32. The van der Waals surface area contributed by atoms with Crippen molar-refractivity contribution in [3.05, 3.63) is 0 Å². The molecule has 0 saturated heterocycles. The molecule has 0 saturated carbocycles. The Labute approximate surface area is 210 Å². The van der Waals surface area contributed by atoms with Crippen molar-refractivity contribution in [3.8, 4) is 0 Å². The zero-order valence-corrected chi connectivity index (χ0v) is 21.6. The molecule has 5 unspecified atom stereocenters. The van der Waals surface area contributed by atoms with Crippen LogP contribution >= 0.6 is 11.8 Å². The number of carboxylic acids is 2. The van der Waals surface area contributed by atoms with E-state index in [1.54, 1.807) is 6.92 Å². The first-order valence-corrected chi connectivity index (χ1v) is 13.2. The molecule has 9 N–H and O–H groups in total. The minimum absolute atomic E-state index is 0.212. The molecule has 35 heavy (non-hydrogen) atoms. The van der Waals surface area contributed by atoms with Crippen LogP contribution in [-0.4, -0.2) is 82.6 Å². The molecule has 0 aromatic rings. The fraction of sp³-hybridized carbons (Fsp3) is 0.773. The van der Waals surface area contributed by atoms with E-state index in [1.807, 2.05) is 13.2 Å². The van der Waals surface area contributed by atoms with Gasteiger partial charge >= 0.3 is 11.9 Å². The summed E-state index contributed by atoms with van der Waals surface area (Å²) in [6.45, 7) is 4.13. The number of unbranched alkanes of at least 4 members (excludes halogenated alkanes) is 1. The second-order valence-electron chi connectivity index (χ2n) is 8.44. The van der Waals surface area contributed by atoms with Crippen molar-refractivity contribution in [3.63, 3.8) is 0 Å². The Morgan fingerprint density at radius 1 is 0.886 bits per heavy atom. The van der Waals surface area contributed by atoms with Gasteiger partial charge in [0.05, 0.1) is 6.04 Å². The number of nitrogens with one attached hydrogen (secondary N) is 3. The largest absolute Gasteiger partial charge is 0.481 e. The lowest BCUT2D eigenvalue weighted by atomic mass is 9.97. The van der Waals surface area contributed by atoms with Gasteiger partial charge in [-0.25, -0.2) is 4.79 Å². The van der Waals surface area contributed by atoms with Crippen LogP contribution in [-0.2, 0) is 24.0 Å². The predicted octanol–water partition coefficient (Wildman–Crippen LogP) is -0.354. The van der Waals surface area contributed by atoms with Crippen LogP contribution < -0.4 is 27.4 Å². The number of thioether (sulfide) groups is 1. The van der Waals surface area contributed by atoms with Crippen molar-refractivity contribution in [2.24, 2.45) is 17.4 Å². The van der Waals surface area contributed by atoms with E-state index in [2.05, 4.69) is 16.0 Å². The van der Waals surface area contributed by atoms with Crippen LogP contribution in [0.15, 0.2) is 0 Å². The van der Waals surface area contributed by atoms with Crippen molar-refractivity contribution >= 4 is 41.4 Å². The highest BCUT2D eigenvalue weighted by molar-refractivity contribution is 7.98. The lowest BCUT2D eigenvalue weighted by Gasteiger charge is -2.28. The fourth-order valence-electron chi connectivity index (χ4n) is 3.17. The van der Waals surface area contributed by atoms with Crippen LogP contribution in [0.5, 0.6) is 0 Å². The monoisotopic (exact) mass is 519 g/mol. The molecule has 0 radical (unpaired) electrons. The Balaban J connectivity index is 5.44. The Kier molecular flexibility index (Phi) is 16.7. The minimum atomic E-state index is -1.41. The lowest BCUT2D eigenvalue weighted by Crippen LogP contribution is -2.58. The van der Waals surface area contributed by atoms with Gasteiger partial charge in [0.25, 0.3) is 0 Å². The molecule has 0 aliphatic rings. The van der Waals surface area contributed by atoms with E-state index in [9.17, 15) is 29.1 Å². The van der Waals surface area contributed by atoms with E-state index in [1.165, 1.54) is 11.8 Å². The van der Waals surface area contributed by atoms with Gasteiger partial charge in [0.1, 0.15) is 18.1 Å². The number of nitrogens with two attached hydrogens (primary N) is 2. The number of carboxylic acid groups (broad SMARTS) is 2. The summed E-state index contributed by atoms with van der Waals surface area (Å²) in [5, 5.41) is 25.8. The van der Waals surface area contributed by atoms with E-state index >= 15 is 0 Å². The van der Waals surface area contributed by atoms with Crippen LogP contribution in [0, 0.1) is 5.92 Å². The molecule has 0 spiro atoms. The Morgan fingerprint density at radius 2 is 1.51 bits per heavy atom. The van der Waals surface area contributed by atoms with Gasteiger partial charge in [-0.15, -0.1) is 0 Å². The minimum Gasteiger partial charge on any atom is -0.481 e. The van der Waals surface area contributed by atoms with Gasteiger partial charge in [0.15, 0.2) is 0 Å². The first-order valence-electron chi connectivity index (χ1n) is 11.8. The summed E-state index contributed by atoms with van der Waals surface area (Å²) in [6.07, 6.45) is 3.69. The maximum Gasteiger partial charge on any atom is 0.326 e. The third kappa shape index (κ3) is 13.3. The zero-order chi connectivity index (χ0) is 27.0. The highest BCUT2D eigenvalue weighted by Crippen LogP contribution is 2.11. The summed E-state index contributed by atoms with van der Waals surface area (Å²) >= 11 is 1.44. The summed E-state index contributed by atoms with van der Waals surface area (Å²) < 4.78 is 0. The molecule has 0 aromatic heterocycles. The molecular formula is C22H41N5O7S. The van der Waals surface area contributed by atoms with Crippen LogP contribution in [0.25, 0.3) is 0 Å². The number of hydrogen-bond donors (Lipinski definition) is 7. The maximum absolute atomic E-state index is 13.1. The first-order chi connectivity index (χ1) is 16.5. The van der Waals surface area contributed by atoms with E-state index in [0.29, 0.717) is 31.6 Å². The van der Waals surface area contributed by atoms with E-state index in [-0.39, 0.29) is 18.8 Å².